The third-order valence-corrected chi connectivity index (χ3v) is 4.62. The Balaban J connectivity index is 1.49. The Hall–Kier alpha value is -3.02. The Morgan fingerprint density at radius 2 is 1.88 bits per heavy atom. The van der Waals surface area contributed by atoms with Crippen molar-refractivity contribution < 1.29 is 19.1 Å². The van der Waals surface area contributed by atoms with E-state index in [2.05, 4.69) is 5.32 Å². The van der Waals surface area contributed by atoms with E-state index < -0.39 is 0 Å². The maximum atomic E-state index is 12.8. The van der Waals surface area contributed by atoms with Gasteiger partial charge in [-0.05, 0) is 47.9 Å². The van der Waals surface area contributed by atoms with Crippen molar-refractivity contribution >= 4 is 17.5 Å². The third-order valence-electron chi connectivity index (χ3n) is 4.62. The highest BCUT2D eigenvalue weighted by atomic mass is 16.6. The molecule has 26 heavy (non-hydrogen) atoms. The van der Waals surface area contributed by atoms with Crippen molar-refractivity contribution in [1.82, 2.24) is 4.90 Å². The molecule has 2 aromatic carbocycles. The summed E-state index contributed by atoms with van der Waals surface area (Å²) in [5, 5.41) is 2.83. The predicted octanol–water partition coefficient (Wildman–Crippen LogP) is 2.61. The van der Waals surface area contributed by atoms with Crippen LogP contribution < -0.4 is 14.8 Å². The average molecular weight is 352 g/mol. The number of nitrogens with zero attached hydrogens (tertiary/aromatic N) is 1. The molecule has 134 valence electrons. The van der Waals surface area contributed by atoms with Crippen molar-refractivity contribution in [3.8, 4) is 11.5 Å². The number of carbonyl (C=O) groups is 2. The van der Waals surface area contributed by atoms with Crippen LogP contribution in [0.15, 0.2) is 36.4 Å². The molecule has 0 saturated carbocycles. The zero-order valence-corrected chi connectivity index (χ0v) is 14.6. The first-order valence-corrected chi connectivity index (χ1v) is 8.67. The van der Waals surface area contributed by atoms with Gasteiger partial charge in [0.05, 0.1) is 0 Å². The lowest BCUT2D eigenvalue weighted by Crippen LogP contribution is -2.27. The van der Waals surface area contributed by atoms with E-state index in [9.17, 15) is 9.59 Å². The van der Waals surface area contributed by atoms with E-state index in [-0.39, 0.29) is 11.8 Å². The van der Waals surface area contributed by atoms with Crippen LogP contribution in [0.5, 0.6) is 11.5 Å². The number of hydrogen-bond acceptors (Lipinski definition) is 4. The van der Waals surface area contributed by atoms with Crippen molar-refractivity contribution in [2.24, 2.45) is 0 Å². The molecule has 2 aliphatic heterocycles. The number of nitrogens with one attached hydrogen (secondary N) is 1. The van der Waals surface area contributed by atoms with Crippen LogP contribution in [0.25, 0.3) is 0 Å². The molecule has 4 rings (SSSR count). The van der Waals surface area contributed by atoms with Gasteiger partial charge in [0, 0.05) is 31.3 Å². The van der Waals surface area contributed by atoms with Gasteiger partial charge in [0.15, 0.2) is 11.5 Å². The second kappa shape index (κ2) is 6.71. The number of carbonyl (C=O) groups excluding carboxylic acids is 2. The maximum absolute atomic E-state index is 12.8. The van der Waals surface area contributed by atoms with E-state index in [1.165, 1.54) is 0 Å². The minimum Gasteiger partial charge on any atom is -0.486 e. The molecule has 0 unspecified atom stereocenters. The zero-order chi connectivity index (χ0) is 18.1. The largest absolute Gasteiger partial charge is 0.486 e. The van der Waals surface area contributed by atoms with Gasteiger partial charge >= 0.3 is 0 Å². The number of ether oxygens (including phenoxy) is 2. The number of anilines is 1. The van der Waals surface area contributed by atoms with Gasteiger partial charge < -0.3 is 19.7 Å². The van der Waals surface area contributed by atoms with Gasteiger partial charge in [-0.1, -0.05) is 6.07 Å². The smallest absolute Gasteiger partial charge is 0.253 e. The Kier molecular flexibility index (Phi) is 4.24. The number of aryl methyl sites for hydroxylation is 1. The van der Waals surface area contributed by atoms with Gasteiger partial charge in [-0.2, -0.15) is 0 Å². The van der Waals surface area contributed by atoms with Crippen LogP contribution in [0, 0.1) is 0 Å². The van der Waals surface area contributed by atoms with E-state index in [0.29, 0.717) is 38.2 Å². The lowest BCUT2D eigenvalue weighted by Gasteiger charge is -2.22. The molecule has 0 fully saturated rings. The van der Waals surface area contributed by atoms with Crippen LogP contribution in [0.1, 0.15) is 27.9 Å². The molecule has 6 nitrogen and oxygen atoms in total. The van der Waals surface area contributed by atoms with E-state index >= 15 is 0 Å². The lowest BCUT2D eigenvalue weighted by molar-refractivity contribution is -0.116. The molecule has 0 aromatic heterocycles. The third kappa shape index (κ3) is 3.22. The summed E-state index contributed by atoms with van der Waals surface area (Å²) in [6.07, 6.45) is 1.12. The SMILES string of the molecule is CN(Cc1ccc2c(c1)OCCO2)C(=O)c1ccc2c(c1)CCC(=O)N2. The van der Waals surface area contributed by atoms with Crippen molar-refractivity contribution in [1.29, 1.82) is 0 Å². The van der Waals surface area contributed by atoms with Gasteiger partial charge in [-0.15, -0.1) is 0 Å². The molecule has 0 atom stereocenters. The monoisotopic (exact) mass is 352 g/mol. The first-order valence-electron chi connectivity index (χ1n) is 8.67. The Morgan fingerprint density at radius 1 is 1.08 bits per heavy atom. The fraction of sp³-hybridized carbons (Fsp3) is 0.300. The molecule has 2 amide bonds. The number of fused-ring (bicyclic) bond motifs is 2. The summed E-state index contributed by atoms with van der Waals surface area (Å²) in [6.45, 7) is 1.57. The Bertz CT molecular complexity index is 878. The van der Waals surface area contributed by atoms with Crippen LogP contribution in [-0.2, 0) is 17.8 Å². The molecular weight excluding hydrogens is 332 g/mol. The summed E-state index contributed by atoms with van der Waals surface area (Å²) in [4.78, 5) is 25.9. The zero-order valence-electron chi connectivity index (χ0n) is 14.6. The standard InChI is InChI=1S/C20H20N2O4/c1-22(12-13-2-6-17-18(10-13)26-9-8-25-17)20(24)15-3-5-16-14(11-15)4-7-19(23)21-16/h2-3,5-6,10-11H,4,7-9,12H2,1H3,(H,21,23). The predicted molar refractivity (Wildman–Crippen MR) is 96.6 cm³/mol. The van der Waals surface area contributed by atoms with Crippen molar-refractivity contribution in [2.45, 2.75) is 19.4 Å². The van der Waals surface area contributed by atoms with Crippen molar-refractivity contribution in [3.05, 3.63) is 53.1 Å². The molecule has 6 heteroatoms. The molecule has 2 aliphatic rings. The minimum absolute atomic E-state index is 0.0207. The average Bonchev–Trinajstić information content (AvgIpc) is 2.67. The number of rotatable bonds is 3. The molecule has 0 bridgehead atoms. The second-order valence-corrected chi connectivity index (χ2v) is 6.56. The van der Waals surface area contributed by atoms with Gasteiger partial charge in [0.1, 0.15) is 13.2 Å². The first-order chi connectivity index (χ1) is 12.6. The first kappa shape index (κ1) is 16.4. The van der Waals surface area contributed by atoms with E-state index in [0.717, 1.165) is 28.3 Å². The van der Waals surface area contributed by atoms with Gasteiger partial charge in [-0.3, -0.25) is 9.59 Å². The second-order valence-electron chi connectivity index (χ2n) is 6.56. The molecule has 0 spiro atoms. The molecule has 0 aliphatic carbocycles. The van der Waals surface area contributed by atoms with Gasteiger partial charge in [-0.25, -0.2) is 0 Å². The van der Waals surface area contributed by atoms with Crippen LogP contribution in [-0.4, -0.2) is 37.0 Å². The molecule has 0 radical (unpaired) electrons. The summed E-state index contributed by atoms with van der Waals surface area (Å²) in [7, 11) is 1.78. The molecule has 1 N–H and O–H groups in total. The van der Waals surface area contributed by atoms with Crippen LogP contribution in [0.4, 0.5) is 5.69 Å². The van der Waals surface area contributed by atoms with E-state index in [1.807, 2.05) is 24.3 Å². The van der Waals surface area contributed by atoms with Gasteiger partial charge in [0.2, 0.25) is 5.91 Å². The highest BCUT2D eigenvalue weighted by Gasteiger charge is 2.19. The quantitative estimate of drug-likeness (QED) is 0.922. The molecule has 2 aromatic rings. The summed E-state index contributed by atoms with van der Waals surface area (Å²) >= 11 is 0. The van der Waals surface area contributed by atoms with Crippen molar-refractivity contribution in [2.75, 3.05) is 25.6 Å². The van der Waals surface area contributed by atoms with E-state index in [4.69, 9.17) is 9.47 Å². The van der Waals surface area contributed by atoms with Crippen LogP contribution in [0.3, 0.4) is 0 Å². The van der Waals surface area contributed by atoms with Crippen LogP contribution in [0.2, 0.25) is 0 Å². The normalized spacial score (nSPS) is 15.0. The van der Waals surface area contributed by atoms with E-state index in [1.54, 1.807) is 24.1 Å². The Labute approximate surface area is 151 Å². The molecular formula is C20H20N2O4. The number of hydrogen-bond donors (Lipinski definition) is 1. The summed E-state index contributed by atoms with van der Waals surface area (Å²) in [6, 6.07) is 11.2. The summed E-state index contributed by atoms with van der Waals surface area (Å²) in [5.41, 5.74) is 3.41. The Morgan fingerprint density at radius 3 is 2.73 bits per heavy atom. The fourth-order valence-corrected chi connectivity index (χ4v) is 3.27. The maximum Gasteiger partial charge on any atom is 0.253 e. The minimum atomic E-state index is -0.0559. The number of amides is 2. The highest BCUT2D eigenvalue weighted by molar-refractivity contribution is 5.97. The highest BCUT2D eigenvalue weighted by Crippen LogP contribution is 2.31. The van der Waals surface area contributed by atoms with Crippen molar-refractivity contribution in [3.63, 3.8) is 0 Å². The lowest BCUT2D eigenvalue weighted by atomic mass is 10.00. The summed E-state index contributed by atoms with van der Waals surface area (Å²) in [5.74, 6) is 1.43. The van der Waals surface area contributed by atoms with Crippen LogP contribution >= 0.6 is 0 Å². The fourth-order valence-electron chi connectivity index (χ4n) is 3.27. The summed E-state index contributed by atoms with van der Waals surface area (Å²) < 4.78 is 11.1. The van der Waals surface area contributed by atoms with Gasteiger partial charge in [0.25, 0.3) is 5.91 Å². The molecule has 0 saturated heterocycles. The number of benzene rings is 2. The molecule has 2 heterocycles. The topological polar surface area (TPSA) is 67.9 Å².